The molecule has 0 spiro atoms. The fourth-order valence-electron chi connectivity index (χ4n) is 0.924. The summed E-state index contributed by atoms with van der Waals surface area (Å²) in [7, 11) is 1.72. The summed E-state index contributed by atoms with van der Waals surface area (Å²) in [4.78, 5) is 0. The van der Waals surface area contributed by atoms with Crippen LogP contribution < -0.4 is 0 Å². The van der Waals surface area contributed by atoms with E-state index in [2.05, 4.69) is 14.2 Å². The van der Waals surface area contributed by atoms with Gasteiger partial charge in [0.1, 0.15) is 0 Å². The maximum absolute atomic E-state index is 5.24. The molecule has 0 aromatic heterocycles. The predicted molar refractivity (Wildman–Crippen MR) is 43.3 cm³/mol. The fraction of sp³-hybridized carbons (Fsp3) is 1.00. The van der Waals surface area contributed by atoms with Crippen molar-refractivity contribution < 1.29 is 4.74 Å². The molecule has 1 nitrogen and oxygen atoms in total. The Labute approximate surface area is 52.5 Å². The van der Waals surface area contributed by atoms with Crippen LogP contribution in [0.25, 0.3) is 0 Å². The van der Waals surface area contributed by atoms with Crippen molar-refractivity contribution >= 4 is 14.7 Å². The number of hydrogen-bond donors (Lipinski definition) is 0. The molecule has 0 aliphatic carbocycles. The summed E-state index contributed by atoms with van der Waals surface area (Å²) in [5.41, 5.74) is 0. The van der Waals surface area contributed by atoms with Gasteiger partial charge in [-0.25, -0.2) is 0 Å². The van der Waals surface area contributed by atoms with Crippen LogP contribution in [-0.2, 0) is 4.74 Å². The van der Waals surface area contributed by atoms with E-state index in [1.807, 2.05) is 0 Å². The number of rotatable bonds is 0. The Morgan fingerprint density at radius 2 is 1.88 bits per heavy atom. The second-order valence-electron chi connectivity index (χ2n) is 3.28. The summed E-state index contributed by atoms with van der Waals surface area (Å²) in [6.07, 6.45) is 2.74. The first kappa shape index (κ1) is 6.57. The van der Waals surface area contributed by atoms with Crippen molar-refractivity contribution in [2.24, 2.45) is 0 Å². The molecule has 0 atom stereocenters. The maximum atomic E-state index is 5.24. The molecule has 1 heterocycles. The van der Waals surface area contributed by atoms with Crippen LogP contribution in [0.4, 0.5) is 0 Å². The minimum atomic E-state index is -0.715. The zero-order valence-electron chi connectivity index (χ0n) is 5.74. The van der Waals surface area contributed by atoms with E-state index in [0.29, 0.717) is 0 Å². The first-order chi connectivity index (χ1) is 3.71. The molecule has 0 bridgehead atoms. The van der Waals surface area contributed by atoms with Crippen molar-refractivity contribution in [3.8, 4) is 0 Å². The minimum absolute atomic E-state index is 0.715. The summed E-state index contributed by atoms with van der Waals surface area (Å²) in [6.45, 7) is 4.49. The monoisotopic (exact) mass is 132 g/mol. The van der Waals surface area contributed by atoms with Gasteiger partial charge in [-0.2, -0.15) is 0 Å². The van der Waals surface area contributed by atoms with Gasteiger partial charge in [-0.1, -0.05) is 0 Å². The van der Waals surface area contributed by atoms with E-state index in [1.54, 1.807) is 0 Å². The van der Waals surface area contributed by atoms with Crippen molar-refractivity contribution in [3.63, 3.8) is 0 Å². The van der Waals surface area contributed by atoms with Gasteiger partial charge in [0, 0.05) is 0 Å². The van der Waals surface area contributed by atoms with Crippen molar-refractivity contribution in [2.75, 3.05) is 32.2 Å². The van der Waals surface area contributed by atoms with Crippen LogP contribution in [0.3, 0.4) is 0 Å². The van der Waals surface area contributed by atoms with E-state index >= 15 is 0 Å². The molecular formula is C5H14BOP. The molecule has 1 rings (SSSR count). The molecule has 1 aliphatic heterocycles. The Kier molecular flexibility index (Phi) is 1.95. The SMILES string of the molecule is B[PH]1(C)CCOCC1. The third-order valence-corrected chi connectivity index (χ3v) is 4.96. The van der Waals surface area contributed by atoms with Gasteiger partial charge in [-0.05, 0) is 0 Å². The zero-order valence-corrected chi connectivity index (χ0v) is 6.74. The van der Waals surface area contributed by atoms with Crippen molar-refractivity contribution in [1.29, 1.82) is 0 Å². The molecule has 0 N–H and O–H groups in total. The Balaban J connectivity index is 2.33. The molecule has 1 aliphatic rings. The molecule has 0 aromatic rings. The third kappa shape index (κ3) is 1.76. The quantitative estimate of drug-likeness (QED) is 0.331. The van der Waals surface area contributed by atoms with Crippen LogP contribution in [0.5, 0.6) is 0 Å². The predicted octanol–water partition coefficient (Wildman–Crippen LogP) is -0.0556. The second-order valence-corrected chi connectivity index (χ2v) is 8.61. The Morgan fingerprint density at radius 1 is 1.38 bits per heavy atom. The van der Waals surface area contributed by atoms with Gasteiger partial charge in [0.05, 0.1) is 0 Å². The van der Waals surface area contributed by atoms with Crippen LogP contribution in [0, 0.1) is 0 Å². The van der Waals surface area contributed by atoms with Crippen LogP contribution in [0.1, 0.15) is 0 Å². The van der Waals surface area contributed by atoms with Gasteiger partial charge in [0.25, 0.3) is 0 Å². The van der Waals surface area contributed by atoms with Crippen molar-refractivity contribution in [1.82, 2.24) is 0 Å². The third-order valence-electron chi connectivity index (χ3n) is 1.85. The molecule has 1 fully saturated rings. The van der Waals surface area contributed by atoms with Gasteiger partial charge in [0.15, 0.2) is 0 Å². The van der Waals surface area contributed by atoms with Crippen LogP contribution in [0.15, 0.2) is 0 Å². The summed E-state index contributed by atoms with van der Waals surface area (Å²) >= 11 is 0. The standard InChI is InChI=1S/C5H14BOP/c1-8(6)4-2-7-3-5-8/h8H,2-6H2,1H3. The van der Waals surface area contributed by atoms with E-state index in [-0.39, 0.29) is 0 Å². The summed E-state index contributed by atoms with van der Waals surface area (Å²) in [5.74, 6) is 0. The molecule has 0 aromatic carbocycles. The first-order valence-corrected chi connectivity index (χ1v) is 6.70. The number of ether oxygens (including phenoxy) is 1. The molecule has 3 heteroatoms. The first-order valence-electron chi connectivity index (χ1n) is 3.28. The molecular weight excluding hydrogens is 118 g/mol. The van der Waals surface area contributed by atoms with E-state index in [1.165, 1.54) is 12.3 Å². The average molecular weight is 132 g/mol. The van der Waals surface area contributed by atoms with Crippen LogP contribution in [0.2, 0.25) is 0 Å². The molecule has 48 valence electrons. The van der Waals surface area contributed by atoms with Gasteiger partial charge >= 0.3 is 51.6 Å². The number of hydrogen-bond acceptors (Lipinski definition) is 1. The average Bonchev–Trinajstić information content (AvgIpc) is 1.65. The molecule has 0 saturated carbocycles. The zero-order chi connectivity index (χ0) is 6.04. The molecule has 8 heavy (non-hydrogen) atoms. The van der Waals surface area contributed by atoms with Gasteiger partial charge in [-0.15, -0.1) is 0 Å². The van der Waals surface area contributed by atoms with Gasteiger partial charge < -0.3 is 0 Å². The summed E-state index contributed by atoms with van der Waals surface area (Å²) in [6, 6.07) is 0. The van der Waals surface area contributed by atoms with E-state index in [9.17, 15) is 0 Å². The van der Waals surface area contributed by atoms with Gasteiger partial charge in [-0.3, -0.25) is 0 Å². The topological polar surface area (TPSA) is 9.23 Å². The van der Waals surface area contributed by atoms with Gasteiger partial charge in [0.2, 0.25) is 0 Å². The van der Waals surface area contributed by atoms with Crippen LogP contribution in [-0.4, -0.2) is 39.8 Å². The molecule has 0 amide bonds. The Morgan fingerprint density at radius 3 is 2.12 bits per heavy atom. The Bertz CT molecular complexity index is 76.5. The van der Waals surface area contributed by atoms with Crippen molar-refractivity contribution in [3.05, 3.63) is 0 Å². The fourth-order valence-corrected chi connectivity index (χ4v) is 2.57. The summed E-state index contributed by atoms with van der Waals surface area (Å²) in [5, 5.41) is 0. The normalized spacial score (nSPS) is 31.6. The second kappa shape index (κ2) is 2.37. The van der Waals surface area contributed by atoms with Crippen molar-refractivity contribution in [2.45, 2.75) is 0 Å². The molecule has 0 unspecified atom stereocenters. The van der Waals surface area contributed by atoms with E-state index in [4.69, 9.17) is 4.74 Å². The van der Waals surface area contributed by atoms with E-state index in [0.717, 1.165) is 13.2 Å². The van der Waals surface area contributed by atoms with Crippen LogP contribution >= 0.6 is 7.14 Å². The summed E-state index contributed by atoms with van der Waals surface area (Å²) < 4.78 is 5.24. The molecule has 0 radical (unpaired) electrons. The molecule has 1 saturated heterocycles. The van der Waals surface area contributed by atoms with E-state index < -0.39 is 7.14 Å². The Hall–Kier alpha value is 0.455.